The van der Waals surface area contributed by atoms with Crippen LogP contribution in [0.2, 0.25) is 0 Å². The first-order valence-electron chi connectivity index (χ1n) is 7.82. The minimum absolute atomic E-state index is 0.191. The lowest BCUT2D eigenvalue weighted by atomic mass is 10.2. The third kappa shape index (κ3) is 3.67. The lowest BCUT2D eigenvalue weighted by Crippen LogP contribution is -2.38. The normalized spacial score (nSPS) is 17.0. The van der Waals surface area contributed by atoms with Gasteiger partial charge in [-0.1, -0.05) is 26.7 Å². The predicted molar refractivity (Wildman–Crippen MR) is 88.3 cm³/mol. The second kappa shape index (κ2) is 7.22. The fraction of sp³-hybridized carbons (Fsp3) is 0.733. The van der Waals surface area contributed by atoms with Gasteiger partial charge in [-0.3, -0.25) is 0 Å². The van der Waals surface area contributed by atoms with E-state index in [2.05, 4.69) is 12.2 Å². The van der Waals surface area contributed by atoms with E-state index in [9.17, 15) is 8.42 Å². The molecule has 0 aromatic carbocycles. The lowest BCUT2D eigenvalue weighted by Gasteiger charge is -2.26. The fourth-order valence-corrected chi connectivity index (χ4v) is 6.33. The first kappa shape index (κ1) is 16.9. The molecule has 21 heavy (non-hydrogen) atoms. The van der Waals surface area contributed by atoms with Crippen LogP contribution in [0.15, 0.2) is 11.0 Å². The molecule has 0 spiro atoms. The average Bonchev–Trinajstić information content (AvgIpc) is 3.07. The molecule has 2 rings (SSSR count). The minimum atomic E-state index is -3.35. The van der Waals surface area contributed by atoms with E-state index in [1.807, 2.05) is 19.9 Å². The molecule has 0 saturated heterocycles. The van der Waals surface area contributed by atoms with Crippen LogP contribution in [0, 0.1) is 6.92 Å². The Hall–Kier alpha value is -0.430. The summed E-state index contributed by atoms with van der Waals surface area (Å²) in [5.74, 6) is 0. The van der Waals surface area contributed by atoms with Gasteiger partial charge in [0, 0.05) is 28.9 Å². The number of nitrogens with zero attached hydrogens (tertiary/aromatic N) is 1. The number of rotatable bonds is 7. The highest BCUT2D eigenvalue weighted by Gasteiger charge is 2.33. The Morgan fingerprint density at radius 2 is 2.00 bits per heavy atom. The number of nitrogens with one attached hydrogen (secondary N) is 1. The second-order valence-electron chi connectivity index (χ2n) is 5.56. The van der Waals surface area contributed by atoms with Crippen LogP contribution in [0.25, 0.3) is 0 Å². The SMILES string of the molecule is CCNCc1cc(S(=O)(=O)N(CC)C2CCCC2)c(C)s1. The van der Waals surface area contributed by atoms with Crippen molar-refractivity contribution in [1.29, 1.82) is 0 Å². The van der Waals surface area contributed by atoms with Crippen LogP contribution in [-0.2, 0) is 16.6 Å². The van der Waals surface area contributed by atoms with Crippen LogP contribution in [-0.4, -0.2) is 31.9 Å². The van der Waals surface area contributed by atoms with Crippen molar-refractivity contribution in [2.24, 2.45) is 0 Å². The molecule has 0 atom stereocenters. The molecular formula is C15H26N2O2S2. The minimum Gasteiger partial charge on any atom is -0.312 e. The second-order valence-corrected chi connectivity index (χ2v) is 8.76. The molecule has 0 radical (unpaired) electrons. The topological polar surface area (TPSA) is 49.4 Å². The van der Waals surface area contributed by atoms with Crippen molar-refractivity contribution in [3.05, 3.63) is 15.8 Å². The van der Waals surface area contributed by atoms with Gasteiger partial charge in [0.1, 0.15) is 0 Å². The van der Waals surface area contributed by atoms with Crippen LogP contribution in [0.3, 0.4) is 0 Å². The first-order valence-corrected chi connectivity index (χ1v) is 10.1. The summed E-state index contributed by atoms with van der Waals surface area (Å²) in [7, 11) is -3.35. The maximum Gasteiger partial charge on any atom is 0.244 e. The van der Waals surface area contributed by atoms with Gasteiger partial charge < -0.3 is 5.32 Å². The molecular weight excluding hydrogens is 304 g/mol. The van der Waals surface area contributed by atoms with Crippen LogP contribution in [0.4, 0.5) is 0 Å². The monoisotopic (exact) mass is 330 g/mol. The maximum atomic E-state index is 13.0. The summed E-state index contributed by atoms with van der Waals surface area (Å²) in [5.41, 5.74) is 0. The Kier molecular flexibility index (Phi) is 5.82. The van der Waals surface area contributed by atoms with E-state index < -0.39 is 10.0 Å². The molecule has 1 N–H and O–H groups in total. The number of aryl methyl sites for hydroxylation is 1. The highest BCUT2D eigenvalue weighted by molar-refractivity contribution is 7.89. The number of hydrogen-bond donors (Lipinski definition) is 1. The Morgan fingerprint density at radius 1 is 1.33 bits per heavy atom. The van der Waals surface area contributed by atoms with Crippen LogP contribution in [0.1, 0.15) is 49.3 Å². The number of thiophene rings is 1. The Morgan fingerprint density at radius 3 is 2.57 bits per heavy atom. The summed E-state index contributed by atoms with van der Waals surface area (Å²) in [6, 6.07) is 2.05. The van der Waals surface area contributed by atoms with Crippen molar-refractivity contribution < 1.29 is 8.42 Å². The van der Waals surface area contributed by atoms with Gasteiger partial charge in [-0.05, 0) is 32.4 Å². The van der Waals surface area contributed by atoms with Gasteiger partial charge in [-0.25, -0.2) is 8.42 Å². The van der Waals surface area contributed by atoms with Crippen LogP contribution in [0.5, 0.6) is 0 Å². The molecule has 1 aliphatic carbocycles. The highest BCUT2D eigenvalue weighted by atomic mass is 32.2. The molecule has 0 bridgehead atoms. The van der Waals surface area contributed by atoms with Gasteiger partial charge in [0.05, 0.1) is 4.90 Å². The Bertz CT molecular complexity index is 560. The third-order valence-electron chi connectivity index (χ3n) is 4.10. The standard InChI is InChI=1S/C15H26N2O2S2/c1-4-16-11-14-10-15(12(3)20-14)21(18,19)17(5-2)13-8-6-7-9-13/h10,13,16H,4-9,11H2,1-3H3. The van der Waals surface area contributed by atoms with Gasteiger partial charge >= 0.3 is 0 Å². The summed E-state index contributed by atoms with van der Waals surface area (Å²) in [6.07, 6.45) is 4.29. The molecule has 1 aromatic heterocycles. The molecule has 1 fully saturated rings. The third-order valence-corrected chi connectivity index (χ3v) is 7.44. The van der Waals surface area contributed by atoms with E-state index in [0.29, 0.717) is 11.4 Å². The first-order chi connectivity index (χ1) is 10.0. The van der Waals surface area contributed by atoms with Gasteiger partial charge in [-0.15, -0.1) is 11.3 Å². The molecule has 1 aromatic rings. The molecule has 0 amide bonds. The summed E-state index contributed by atoms with van der Waals surface area (Å²) in [4.78, 5) is 2.50. The number of hydrogen-bond acceptors (Lipinski definition) is 4. The molecule has 1 heterocycles. The number of sulfonamides is 1. The summed E-state index contributed by atoms with van der Waals surface area (Å²) < 4.78 is 27.7. The van der Waals surface area contributed by atoms with Crippen molar-refractivity contribution in [2.75, 3.05) is 13.1 Å². The van der Waals surface area contributed by atoms with E-state index in [1.165, 1.54) is 0 Å². The zero-order chi connectivity index (χ0) is 15.5. The lowest BCUT2D eigenvalue weighted by molar-refractivity contribution is 0.335. The van der Waals surface area contributed by atoms with E-state index in [1.54, 1.807) is 15.6 Å². The molecule has 6 heteroatoms. The zero-order valence-electron chi connectivity index (χ0n) is 13.2. The van der Waals surface area contributed by atoms with E-state index in [4.69, 9.17) is 0 Å². The average molecular weight is 331 g/mol. The predicted octanol–water partition coefficient (Wildman–Crippen LogP) is 3.12. The molecule has 0 unspecified atom stereocenters. The summed E-state index contributed by atoms with van der Waals surface area (Å²) >= 11 is 1.58. The van der Waals surface area contributed by atoms with Gasteiger partial charge in [-0.2, -0.15) is 4.31 Å². The quantitative estimate of drug-likeness (QED) is 0.835. The Balaban J connectivity index is 2.27. The van der Waals surface area contributed by atoms with Gasteiger partial charge in [0.2, 0.25) is 10.0 Å². The molecule has 4 nitrogen and oxygen atoms in total. The van der Waals surface area contributed by atoms with E-state index in [0.717, 1.165) is 48.5 Å². The molecule has 0 aliphatic heterocycles. The largest absolute Gasteiger partial charge is 0.312 e. The molecule has 120 valence electrons. The van der Waals surface area contributed by atoms with Crippen LogP contribution < -0.4 is 5.32 Å². The van der Waals surface area contributed by atoms with E-state index >= 15 is 0 Å². The molecule has 1 saturated carbocycles. The van der Waals surface area contributed by atoms with Gasteiger partial charge in [0.25, 0.3) is 0 Å². The maximum absolute atomic E-state index is 13.0. The van der Waals surface area contributed by atoms with Crippen molar-refractivity contribution in [3.63, 3.8) is 0 Å². The Labute approximate surface area is 132 Å². The summed E-state index contributed by atoms with van der Waals surface area (Å²) in [5, 5.41) is 3.26. The van der Waals surface area contributed by atoms with Gasteiger partial charge in [0.15, 0.2) is 0 Å². The molecule has 1 aliphatic rings. The van der Waals surface area contributed by atoms with Crippen molar-refractivity contribution in [3.8, 4) is 0 Å². The fourth-order valence-electron chi connectivity index (χ4n) is 3.06. The zero-order valence-corrected chi connectivity index (χ0v) is 14.8. The smallest absolute Gasteiger partial charge is 0.244 e. The van der Waals surface area contributed by atoms with Crippen molar-refractivity contribution in [2.45, 2.75) is 63.9 Å². The van der Waals surface area contributed by atoms with Crippen molar-refractivity contribution >= 4 is 21.4 Å². The van der Waals surface area contributed by atoms with Crippen LogP contribution >= 0.6 is 11.3 Å². The highest BCUT2D eigenvalue weighted by Crippen LogP contribution is 2.32. The van der Waals surface area contributed by atoms with E-state index in [-0.39, 0.29) is 6.04 Å². The van der Waals surface area contributed by atoms with Crippen molar-refractivity contribution in [1.82, 2.24) is 9.62 Å². The summed E-state index contributed by atoms with van der Waals surface area (Å²) in [6.45, 7) is 8.10.